The topological polar surface area (TPSA) is 33.2 Å². The van der Waals surface area contributed by atoms with E-state index in [2.05, 4.69) is 20.9 Å². The van der Waals surface area contributed by atoms with Crippen molar-refractivity contribution in [3.63, 3.8) is 0 Å². The highest BCUT2D eigenvalue weighted by Gasteiger charge is 2.18. The van der Waals surface area contributed by atoms with Gasteiger partial charge in [0.05, 0.1) is 10.0 Å². The number of rotatable bonds is 1. The van der Waals surface area contributed by atoms with Crippen molar-refractivity contribution in [1.82, 2.24) is 9.88 Å². The molecule has 1 aliphatic heterocycles. The van der Waals surface area contributed by atoms with Crippen molar-refractivity contribution >= 4 is 21.8 Å². The first kappa shape index (κ1) is 13.5. The molecule has 0 atom stereocenters. The number of nitrogens with zero attached hydrogens (tertiary/aromatic N) is 2. The van der Waals surface area contributed by atoms with Crippen LogP contribution in [0.15, 0.2) is 16.7 Å². The lowest BCUT2D eigenvalue weighted by atomic mass is 10.1. The van der Waals surface area contributed by atoms with Gasteiger partial charge in [-0.2, -0.15) is 4.39 Å². The second-order valence-electron chi connectivity index (χ2n) is 4.56. The molecule has 0 N–H and O–H groups in total. The normalized spacial score (nSPS) is 17.1. The molecule has 1 saturated heterocycles. The van der Waals surface area contributed by atoms with E-state index in [-0.39, 0.29) is 10.4 Å². The van der Waals surface area contributed by atoms with Gasteiger partial charge in [0.1, 0.15) is 0 Å². The Bertz CT molecular complexity index is 431. The fourth-order valence-electron chi connectivity index (χ4n) is 2.17. The molecule has 2 heterocycles. The van der Waals surface area contributed by atoms with Gasteiger partial charge in [0, 0.05) is 19.3 Å². The lowest BCUT2D eigenvalue weighted by Crippen LogP contribution is -2.33. The predicted octanol–water partition coefficient (Wildman–Crippen LogP) is 3.39. The standard InChI is InChI=1S/C13H16BrFN2O/c14-11-8-10(9-16-12(11)15)13(18)17-6-4-2-1-3-5-7-17/h8-9H,1-7H2. The predicted molar refractivity (Wildman–Crippen MR) is 70.9 cm³/mol. The van der Waals surface area contributed by atoms with E-state index < -0.39 is 5.95 Å². The maximum Gasteiger partial charge on any atom is 0.255 e. The Morgan fingerprint density at radius 3 is 2.44 bits per heavy atom. The van der Waals surface area contributed by atoms with Crippen LogP contribution in [0.25, 0.3) is 0 Å². The molecule has 18 heavy (non-hydrogen) atoms. The van der Waals surface area contributed by atoms with Crippen molar-refractivity contribution in [3.05, 3.63) is 28.2 Å². The molecule has 3 nitrogen and oxygen atoms in total. The van der Waals surface area contributed by atoms with Crippen molar-refractivity contribution in [2.24, 2.45) is 0 Å². The second kappa shape index (κ2) is 6.27. The third-order valence-corrected chi connectivity index (χ3v) is 3.74. The largest absolute Gasteiger partial charge is 0.339 e. The Morgan fingerprint density at radius 1 is 1.22 bits per heavy atom. The Labute approximate surface area is 115 Å². The monoisotopic (exact) mass is 314 g/mol. The average molecular weight is 315 g/mol. The molecule has 0 saturated carbocycles. The molecule has 0 aromatic carbocycles. The molecule has 98 valence electrons. The first-order valence-corrected chi connectivity index (χ1v) is 7.08. The highest BCUT2D eigenvalue weighted by molar-refractivity contribution is 9.10. The quantitative estimate of drug-likeness (QED) is 0.744. The first-order chi connectivity index (χ1) is 8.68. The molecular weight excluding hydrogens is 299 g/mol. The van der Waals surface area contributed by atoms with E-state index in [0.29, 0.717) is 5.56 Å². The van der Waals surface area contributed by atoms with Crippen LogP contribution in [0.4, 0.5) is 4.39 Å². The maximum absolute atomic E-state index is 13.0. The molecule has 2 rings (SSSR count). The van der Waals surface area contributed by atoms with E-state index in [1.165, 1.54) is 31.5 Å². The van der Waals surface area contributed by atoms with Crippen molar-refractivity contribution < 1.29 is 9.18 Å². The molecular formula is C13H16BrFN2O. The summed E-state index contributed by atoms with van der Waals surface area (Å²) < 4.78 is 13.3. The third-order valence-electron chi connectivity index (χ3n) is 3.19. The van der Waals surface area contributed by atoms with Gasteiger partial charge in [-0.05, 0) is 34.8 Å². The van der Waals surface area contributed by atoms with E-state index in [1.54, 1.807) is 0 Å². The highest BCUT2D eigenvalue weighted by Crippen LogP contribution is 2.17. The molecule has 0 aliphatic carbocycles. The second-order valence-corrected chi connectivity index (χ2v) is 5.41. The van der Waals surface area contributed by atoms with Gasteiger partial charge in [-0.15, -0.1) is 0 Å². The van der Waals surface area contributed by atoms with Crippen molar-refractivity contribution in [2.45, 2.75) is 32.1 Å². The summed E-state index contributed by atoms with van der Waals surface area (Å²) in [6.07, 6.45) is 7.00. The highest BCUT2D eigenvalue weighted by atomic mass is 79.9. The number of aromatic nitrogens is 1. The third kappa shape index (κ3) is 3.28. The fraction of sp³-hybridized carbons (Fsp3) is 0.538. The van der Waals surface area contributed by atoms with Crippen LogP contribution in [-0.4, -0.2) is 28.9 Å². The van der Waals surface area contributed by atoms with Gasteiger partial charge in [-0.3, -0.25) is 4.79 Å². The molecule has 1 fully saturated rings. The van der Waals surface area contributed by atoms with Crippen LogP contribution in [0.5, 0.6) is 0 Å². The molecule has 1 aliphatic rings. The summed E-state index contributed by atoms with van der Waals surface area (Å²) in [5.74, 6) is -0.635. The molecule has 0 radical (unpaired) electrons. The molecule has 0 bridgehead atoms. The minimum absolute atomic E-state index is 0.0508. The number of hydrogen-bond donors (Lipinski definition) is 0. The summed E-state index contributed by atoms with van der Waals surface area (Å²) in [7, 11) is 0. The summed E-state index contributed by atoms with van der Waals surface area (Å²) in [5.41, 5.74) is 0.448. The minimum atomic E-state index is -0.584. The summed E-state index contributed by atoms with van der Waals surface area (Å²) in [6.45, 7) is 1.57. The zero-order chi connectivity index (χ0) is 13.0. The smallest absolute Gasteiger partial charge is 0.255 e. The van der Waals surface area contributed by atoms with Gasteiger partial charge in [0.2, 0.25) is 5.95 Å². The van der Waals surface area contributed by atoms with Crippen LogP contribution in [-0.2, 0) is 0 Å². The Balaban J connectivity index is 2.10. The van der Waals surface area contributed by atoms with Gasteiger partial charge in [0.25, 0.3) is 5.91 Å². The van der Waals surface area contributed by atoms with E-state index in [4.69, 9.17) is 0 Å². The van der Waals surface area contributed by atoms with E-state index in [1.807, 2.05) is 4.90 Å². The number of halogens is 2. The molecule has 1 amide bonds. The molecule has 1 aromatic rings. The van der Waals surface area contributed by atoms with E-state index in [0.717, 1.165) is 25.9 Å². The SMILES string of the molecule is O=C(c1cnc(F)c(Br)c1)N1CCCCCCC1. The number of hydrogen-bond acceptors (Lipinski definition) is 2. The minimum Gasteiger partial charge on any atom is -0.339 e. The van der Waals surface area contributed by atoms with Crippen LogP contribution in [0.2, 0.25) is 0 Å². The molecule has 5 heteroatoms. The number of carbonyl (C=O) groups is 1. The van der Waals surface area contributed by atoms with Gasteiger partial charge in [-0.25, -0.2) is 4.98 Å². The fourth-order valence-corrected chi connectivity index (χ4v) is 2.52. The van der Waals surface area contributed by atoms with Crippen LogP contribution in [0.1, 0.15) is 42.5 Å². The number of likely N-dealkylation sites (tertiary alicyclic amines) is 1. The van der Waals surface area contributed by atoms with Crippen LogP contribution < -0.4 is 0 Å². The summed E-state index contributed by atoms with van der Waals surface area (Å²) >= 11 is 3.06. The van der Waals surface area contributed by atoms with E-state index in [9.17, 15) is 9.18 Å². The Kier molecular flexibility index (Phi) is 4.69. The zero-order valence-corrected chi connectivity index (χ0v) is 11.7. The number of amides is 1. The zero-order valence-electron chi connectivity index (χ0n) is 10.2. The molecule has 0 unspecified atom stereocenters. The summed E-state index contributed by atoms with van der Waals surface area (Å²) in [4.78, 5) is 17.7. The van der Waals surface area contributed by atoms with Gasteiger partial charge in [0.15, 0.2) is 0 Å². The van der Waals surface area contributed by atoms with Crippen molar-refractivity contribution in [1.29, 1.82) is 0 Å². The molecule has 0 spiro atoms. The van der Waals surface area contributed by atoms with Crippen LogP contribution in [0.3, 0.4) is 0 Å². The summed E-state index contributed by atoms with van der Waals surface area (Å²) in [6, 6.07) is 1.50. The molecule has 1 aromatic heterocycles. The number of carbonyl (C=O) groups excluding carboxylic acids is 1. The van der Waals surface area contributed by atoms with Gasteiger partial charge < -0.3 is 4.90 Å². The lowest BCUT2D eigenvalue weighted by Gasteiger charge is -2.24. The lowest BCUT2D eigenvalue weighted by molar-refractivity contribution is 0.0742. The summed E-state index contributed by atoms with van der Waals surface area (Å²) in [5, 5.41) is 0. The Hall–Kier alpha value is -0.970. The van der Waals surface area contributed by atoms with Crippen LogP contribution >= 0.6 is 15.9 Å². The van der Waals surface area contributed by atoms with Crippen LogP contribution in [0, 0.1) is 5.95 Å². The number of pyridine rings is 1. The van der Waals surface area contributed by atoms with Gasteiger partial charge >= 0.3 is 0 Å². The van der Waals surface area contributed by atoms with E-state index >= 15 is 0 Å². The van der Waals surface area contributed by atoms with Crippen molar-refractivity contribution in [3.8, 4) is 0 Å². The first-order valence-electron chi connectivity index (χ1n) is 6.29. The van der Waals surface area contributed by atoms with Crippen molar-refractivity contribution in [2.75, 3.05) is 13.1 Å². The van der Waals surface area contributed by atoms with Gasteiger partial charge in [-0.1, -0.05) is 19.3 Å². The average Bonchev–Trinajstić information content (AvgIpc) is 2.31. The Morgan fingerprint density at radius 2 is 1.83 bits per heavy atom. The maximum atomic E-state index is 13.0.